The number of hydrogen-bond donors (Lipinski definition) is 2. The van der Waals surface area contributed by atoms with Crippen LogP contribution in [0.5, 0.6) is 0 Å². The van der Waals surface area contributed by atoms with Crippen molar-refractivity contribution in [3.8, 4) is 0 Å². The zero-order valence-corrected chi connectivity index (χ0v) is 11.7. The molecule has 2 atom stereocenters. The van der Waals surface area contributed by atoms with E-state index in [0.717, 1.165) is 24.2 Å². The van der Waals surface area contributed by atoms with Crippen LogP contribution in [0.3, 0.4) is 0 Å². The molecule has 0 saturated carbocycles. The number of carbonyl (C=O) groups is 1. The number of anilines is 2. The Kier molecular flexibility index (Phi) is 3.27. The van der Waals surface area contributed by atoms with Crippen molar-refractivity contribution in [2.45, 2.75) is 37.8 Å². The van der Waals surface area contributed by atoms with E-state index in [9.17, 15) is 4.79 Å². The van der Waals surface area contributed by atoms with Crippen LogP contribution in [-0.2, 0) is 0 Å². The van der Waals surface area contributed by atoms with Crippen molar-refractivity contribution in [3.05, 3.63) is 23.2 Å². The van der Waals surface area contributed by atoms with Crippen LogP contribution < -0.4 is 10.6 Å². The third-order valence-electron chi connectivity index (χ3n) is 4.13. The van der Waals surface area contributed by atoms with Gasteiger partial charge in [0.05, 0.1) is 10.7 Å². The standard InChI is InChI=1S/C14H18ClN3O/c1-16-13-7-9(5-6-12(13)15)17-14(19)18-10-3-2-4-11(18)8-10/h5-7,10-11,16H,2-4,8H2,1H3,(H,17,19). The van der Waals surface area contributed by atoms with E-state index in [1.54, 1.807) is 6.07 Å². The number of halogens is 1. The predicted octanol–water partition coefficient (Wildman–Crippen LogP) is 3.54. The van der Waals surface area contributed by atoms with Crippen LogP contribution >= 0.6 is 11.6 Å². The van der Waals surface area contributed by atoms with E-state index in [1.807, 2.05) is 24.1 Å². The molecule has 1 aromatic carbocycles. The van der Waals surface area contributed by atoms with Gasteiger partial charge in [-0.3, -0.25) is 0 Å². The number of hydrogen-bond acceptors (Lipinski definition) is 2. The number of benzene rings is 1. The third-order valence-corrected chi connectivity index (χ3v) is 4.46. The third kappa shape index (κ3) is 2.25. The molecule has 5 heteroatoms. The molecule has 2 amide bonds. The summed E-state index contributed by atoms with van der Waals surface area (Å²) >= 11 is 6.03. The molecule has 0 spiro atoms. The summed E-state index contributed by atoms with van der Waals surface area (Å²) in [6.45, 7) is 0. The molecule has 0 aromatic heterocycles. The lowest BCUT2D eigenvalue weighted by Crippen LogP contribution is -2.62. The highest BCUT2D eigenvalue weighted by atomic mass is 35.5. The van der Waals surface area contributed by atoms with E-state index in [2.05, 4.69) is 10.6 Å². The fourth-order valence-electron chi connectivity index (χ4n) is 3.12. The lowest BCUT2D eigenvalue weighted by molar-refractivity contribution is 0.0173. The highest BCUT2D eigenvalue weighted by Gasteiger charge is 2.44. The molecule has 2 fully saturated rings. The van der Waals surface area contributed by atoms with Crippen molar-refractivity contribution in [2.75, 3.05) is 17.7 Å². The minimum Gasteiger partial charge on any atom is -0.387 e. The topological polar surface area (TPSA) is 44.4 Å². The Labute approximate surface area is 118 Å². The SMILES string of the molecule is CNc1cc(NC(=O)N2C3CCCC2C3)ccc1Cl. The summed E-state index contributed by atoms with van der Waals surface area (Å²) in [7, 11) is 1.81. The molecule has 2 N–H and O–H groups in total. The first-order valence-corrected chi connectivity index (χ1v) is 7.13. The lowest BCUT2D eigenvalue weighted by Gasteiger charge is -2.52. The molecular weight excluding hydrogens is 262 g/mol. The van der Waals surface area contributed by atoms with E-state index in [-0.39, 0.29) is 6.03 Å². The van der Waals surface area contributed by atoms with Crippen molar-refractivity contribution in [1.29, 1.82) is 0 Å². The summed E-state index contributed by atoms with van der Waals surface area (Å²) in [4.78, 5) is 14.3. The van der Waals surface area contributed by atoms with Gasteiger partial charge in [-0.15, -0.1) is 0 Å². The molecule has 2 aliphatic rings. The quantitative estimate of drug-likeness (QED) is 0.870. The molecule has 2 heterocycles. The summed E-state index contributed by atoms with van der Waals surface area (Å²) in [5.41, 5.74) is 1.60. The Morgan fingerprint density at radius 1 is 1.37 bits per heavy atom. The minimum absolute atomic E-state index is 0.0188. The first-order valence-electron chi connectivity index (χ1n) is 6.75. The maximum Gasteiger partial charge on any atom is 0.322 e. The molecule has 1 aromatic rings. The van der Waals surface area contributed by atoms with Crippen molar-refractivity contribution >= 4 is 29.0 Å². The maximum absolute atomic E-state index is 12.3. The Bertz CT molecular complexity index is 491. The molecule has 3 rings (SSSR count). The van der Waals surface area contributed by atoms with Crippen molar-refractivity contribution in [1.82, 2.24) is 4.90 Å². The average molecular weight is 280 g/mol. The maximum atomic E-state index is 12.3. The first-order chi connectivity index (χ1) is 9.19. The zero-order valence-electron chi connectivity index (χ0n) is 10.9. The van der Waals surface area contributed by atoms with E-state index >= 15 is 0 Å². The van der Waals surface area contributed by atoms with E-state index in [4.69, 9.17) is 11.6 Å². The Morgan fingerprint density at radius 3 is 2.74 bits per heavy atom. The number of nitrogens with zero attached hydrogens (tertiary/aromatic N) is 1. The second kappa shape index (κ2) is 4.93. The number of carbonyl (C=O) groups excluding carboxylic acids is 1. The molecular formula is C14H18ClN3O. The molecule has 4 nitrogen and oxygen atoms in total. The molecule has 0 radical (unpaired) electrons. The van der Waals surface area contributed by atoms with Crippen LogP contribution in [-0.4, -0.2) is 30.1 Å². The van der Waals surface area contributed by atoms with Crippen LogP contribution in [0.4, 0.5) is 16.2 Å². The van der Waals surface area contributed by atoms with E-state index in [0.29, 0.717) is 17.1 Å². The van der Waals surface area contributed by atoms with Gasteiger partial charge >= 0.3 is 6.03 Å². The molecule has 2 saturated heterocycles. The van der Waals surface area contributed by atoms with E-state index < -0.39 is 0 Å². The summed E-state index contributed by atoms with van der Waals surface area (Å²) in [5.74, 6) is 0. The fraction of sp³-hybridized carbons (Fsp3) is 0.500. The minimum atomic E-state index is 0.0188. The average Bonchev–Trinajstić information content (AvgIpc) is 2.41. The van der Waals surface area contributed by atoms with Crippen LogP contribution in [0.2, 0.25) is 5.02 Å². The van der Waals surface area contributed by atoms with Gasteiger partial charge in [-0.05, 0) is 43.9 Å². The second-order valence-corrected chi connectivity index (χ2v) is 5.66. The molecule has 19 heavy (non-hydrogen) atoms. The van der Waals surface area contributed by atoms with Gasteiger partial charge in [-0.2, -0.15) is 0 Å². The second-order valence-electron chi connectivity index (χ2n) is 5.26. The van der Waals surface area contributed by atoms with Gasteiger partial charge in [-0.1, -0.05) is 11.6 Å². The molecule has 2 bridgehead atoms. The van der Waals surface area contributed by atoms with Crippen LogP contribution in [0.25, 0.3) is 0 Å². The van der Waals surface area contributed by atoms with Gasteiger partial charge in [0.15, 0.2) is 0 Å². The smallest absolute Gasteiger partial charge is 0.322 e. The van der Waals surface area contributed by atoms with Gasteiger partial charge in [0.1, 0.15) is 0 Å². The highest BCUT2D eigenvalue weighted by Crippen LogP contribution is 2.38. The highest BCUT2D eigenvalue weighted by molar-refractivity contribution is 6.33. The fourth-order valence-corrected chi connectivity index (χ4v) is 3.33. The van der Waals surface area contributed by atoms with E-state index in [1.165, 1.54) is 12.8 Å². The normalized spacial score (nSPS) is 24.6. The van der Waals surface area contributed by atoms with Gasteiger partial charge < -0.3 is 15.5 Å². The number of nitrogens with one attached hydrogen (secondary N) is 2. The lowest BCUT2D eigenvalue weighted by atomic mass is 9.80. The van der Waals surface area contributed by atoms with Crippen molar-refractivity contribution in [3.63, 3.8) is 0 Å². The Balaban J connectivity index is 1.69. The van der Waals surface area contributed by atoms with Crippen molar-refractivity contribution < 1.29 is 4.79 Å². The zero-order chi connectivity index (χ0) is 13.4. The number of rotatable bonds is 2. The molecule has 2 aliphatic heterocycles. The monoisotopic (exact) mass is 279 g/mol. The number of fused-ring (bicyclic) bond motifs is 2. The van der Waals surface area contributed by atoms with Crippen LogP contribution in [0.1, 0.15) is 25.7 Å². The summed E-state index contributed by atoms with van der Waals surface area (Å²) in [6, 6.07) is 6.40. The molecule has 2 unspecified atom stereocenters. The summed E-state index contributed by atoms with van der Waals surface area (Å²) < 4.78 is 0. The van der Waals surface area contributed by atoms with Crippen LogP contribution in [0.15, 0.2) is 18.2 Å². The summed E-state index contributed by atoms with van der Waals surface area (Å²) in [6.07, 6.45) is 4.72. The van der Waals surface area contributed by atoms with Gasteiger partial charge in [0, 0.05) is 24.8 Å². The Hall–Kier alpha value is -1.42. The predicted molar refractivity (Wildman–Crippen MR) is 77.9 cm³/mol. The first kappa shape index (κ1) is 12.6. The molecule has 0 aliphatic carbocycles. The Morgan fingerprint density at radius 2 is 2.11 bits per heavy atom. The molecule has 102 valence electrons. The number of amides is 2. The van der Waals surface area contributed by atoms with Crippen molar-refractivity contribution in [2.24, 2.45) is 0 Å². The van der Waals surface area contributed by atoms with Gasteiger partial charge in [0.2, 0.25) is 0 Å². The van der Waals surface area contributed by atoms with Gasteiger partial charge in [0.25, 0.3) is 0 Å². The van der Waals surface area contributed by atoms with Crippen LogP contribution in [0, 0.1) is 0 Å². The number of piperidine rings is 1. The largest absolute Gasteiger partial charge is 0.387 e. The van der Waals surface area contributed by atoms with Gasteiger partial charge in [-0.25, -0.2) is 4.79 Å². The number of urea groups is 1. The summed E-state index contributed by atoms with van der Waals surface area (Å²) in [5, 5.41) is 6.63.